The van der Waals surface area contributed by atoms with Crippen molar-refractivity contribution in [2.45, 2.75) is 304 Å². The molecule has 4 unspecified atom stereocenters. The van der Waals surface area contributed by atoms with Crippen LogP contribution < -0.4 is 0 Å². The lowest BCUT2D eigenvalue weighted by Crippen LogP contribution is -2.16. The number of fused-ring (bicyclic) bond motifs is 8. The molecule has 4 atom stereocenters. The molecule has 0 amide bonds. The molecule has 0 saturated carbocycles. The van der Waals surface area contributed by atoms with E-state index < -0.39 is 16.1 Å². The summed E-state index contributed by atoms with van der Waals surface area (Å²) in [7, 11) is -3.75. The van der Waals surface area contributed by atoms with Crippen LogP contribution in [0.4, 0.5) is 0 Å². The van der Waals surface area contributed by atoms with Crippen LogP contribution in [-0.2, 0) is 51.0 Å². The number of H-pyrrole nitrogens is 2. The lowest BCUT2D eigenvalue weighted by atomic mass is 9.96. The number of aromatic nitrogens is 4. The molecule has 3 aromatic rings. The Labute approximate surface area is 631 Å². The minimum Gasteiger partial charge on any atom is -0.466 e. The smallest absolute Gasteiger partial charge is 0.306 e. The van der Waals surface area contributed by atoms with E-state index in [2.05, 4.69) is 199 Å². The molecule has 0 saturated heterocycles. The van der Waals surface area contributed by atoms with Crippen molar-refractivity contribution in [2.24, 2.45) is 47.3 Å². The fraction of sp³-hybridized carbons (Fsp3) is 0.644. The van der Waals surface area contributed by atoms with E-state index in [-0.39, 0.29) is 49.6 Å². The number of rotatable bonds is 40. The molecule has 0 spiro atoms. The number of nitrogens with one attached hydrogen (secondary N) is 2. The van der Waals surface area contributed by atoms with Gasteiger partial charge in [0.2, 0.25) is 0 Å². The minimum absolute atomic E-state index is 0.112. The highest BCUT2D eigenvalue weighted by Crippen LogP contribution is 2.41. The summed E-state index contributed by atoms with van der Waals surface area (Å²) < 4.78 is 24.1. The molecule has 0 aliphatic carbocycles. The first-order valence-electron chi connectivity index (χ1n) is 40.0. The molecule has 0 aromatic carbocycles. The van der Waals surface area contributed by atoms with Crippen LogP contribution in [0.2, 0.25) is 39.3 Å². The molecule has 2 N–H and O–H groups in total. The number of carbonyl (C=O) groups is 4. The summed E-state index contributed by atoms with van der Waals surface area (Å²) >= 11 is 0. The molecule has 5 rings (SSSR count). The second kappa shape index (κ2) is 43.7. The van der Waals surface area contributed by atoms with E-state index in [4.69, 9.17) is 28.9 Å². The molecule has 2 aliphatic rings. The zero-order chi connectivity index (χ0) is 76.8. The van der Waals surface area contributed by atoms with Crippen molar-refractivity contribution in [3.63, 3.8) is 0 Å². The molecule has 14 heteroatoms. The van der Waals surface area contributed by atoms with Crippen molar-refractivity contribution in [3.05, 3.63) is 68.3 Å². The molecule has 2 aliphatic heterocycles. The molecular weight excluding hydrogens is 1320 g/mol. The number of ether oxygens (including phenoxy) is 4. The quantitative estimate of drug-likeness (QED) is 0.0243. The van der Waals surface area contributed by atoms with E-state index in [1.807, 2.05) is 19.9 Å². The van der Waals surface area contributed by atoms with E-state index in [9.17, 15) is 19.2 Å². The molecule has 570 valence electrons. The summed E-state index contributed by atoms with van der Waals surface area (Å²) in [5.74, 6) is 23.3. The Morgan fingerprint density at radius 2 is 0.683 bits per heavy atom. The Kier molecular flexibility index (Phi) is 36.9. The van der Waals surface area contributed by atoms with E-state index in [0.29, 0.717) is 144 Å². The standard InChI is InChI=1S/C90H134N4O8Si2/c1-61(2)31-27-35-65(9)49-53-99-83(95)45-41-73-69(13)87-77(39-23-25-57-103(17,18)19)88-71(15)75(43-47-85(97)101-55-51-67(11)37-29-33-63(5)6)81(93-88)60-82-76(44-48-86(98)102-56-52-68(12)38-30-34-64(7)8)72(16)90(94-82)78(40-24-26-58-104(20,21)22)89-70(14)74(80(92-89)59-79(73)91-87)42-46-84(96)100-54-50-66(10)36-28-32-62(3)4/h59-68,91-92H,27-38,41-56H2,1-22H3. The van der Waals surface area contributed by atoms with Crippen LogP contribution in [0.5, 0.6) is 0 Å². The number of hydrogen-bond acceptors (Lipinski definition) is 10. The summed E-state index contributed by atoms with van der Waals surface area (Å²) in [4.78, 5) is 75.1. The maximum absolute atomic E-state index is 14.0. The summed E-state index contributed by atoms with van der Waals surface area (Å²) in [6.07, 6.45) is 18.7. The summed E-state index contributed by atoms with van der Waals surface area (Å²) in [5.41, 5.74) is 20.4. The number of carbonyl (C=O) groups excluding carboxylic acids is 4. The predicted octanol–water partition coefficient (Wildman–Crippen LogP) is 22.3. The molecule has 5 heterocycles. The second-order valence-electron chi connectivity index (χ2n) is 34.2. The van der Waals surface area contributed by atoms with E-state index in [0.717, 1.165) is 133 Å². The first kappa shape index (κ1) is 87.8. The summed E-state index contributed by atoms with van der Waals surface area (Å²) in [5, 5.41) is 0. The number of nitrogens with zero attached hydrogens (tertiary/aromatic N) is 2. The van der Waals surface area contributed by atoms with Gasteiger partial charge >= 0.3 is 23.9 Å². The normalized spacial score (nSPS) is 13.6. The monoisotopic (exact) mass is 1450 g/mol. The van der Waals surface area contributed by atoms with Crippen LogP contribution in [0, 0.1) is 108 Å². The third-order valence-electron chi connectivity index (χ3n) is 20.2. The number of esters is 4. The van der Waals surface area contributed by atoms with E-state index in [1.54, 1.807) is 0 Å². The van der Waals surface area contributed by atoms with Crippen molar-refractivity contribution < 1.29 is 38.1 Å². The number of aromatic amines is 2. The molecule has 8 bridgehead atoms. The van der Waals surface area contributed by atoms with Crippen LogP contribution in [0.1, 0.15) is 294 Å². The topological polar surface area (TPSA) is 163 Å². The SMILES string of the molecule is CC1=C(CCC(=O)OCCC(C)CCCC(C)C)c2cc3nc(c(C#CC#C[Si](C)(C)C)c4[nH]c(cc5[nH]c(c(C)c5CCC(=O)OCCC(C)CCCC(C)C)c(C#CC#C[Si](C)(C)C)c1n2)c(CCC(=O)OCCC(C)CCCC(C)C)c4C)C(C)=C3CCC(=O)OCCC(C)CCCC(C)C. The third kappa shape index (κ3) is 30.9. The average Bonchev–Trinajstić information content (AvgIpc) is 1.60. The van der Waals surface area contributed by atoms with Gasteiger partial charge in [-0.1, -0.05) is 199 Å². The molecule has 3 aromatic heterocycles. The Bertz CT molecular complexity index is 3640. The lowest BCUT2D eigenvalue weighted by Gasteiger charge is -2.13. The van der Waals surface area contributed by atoms with Gasteiger partial charge in [0.05, 0.1) is 71.4 Å². The third-order valence-corrected chi connectivity index (χ3v) is 21.9. The average molecular weight is 1460 g/mol. The van der Waals surface area contributed by atoms with Gasteiger partial charge in [-0.15, -0.1) is 11.1 Å². The van der Waals surface area contributed by atoms with Crippen LogP contribution in [0.15, 0.2) is 12.1 Å². The van der Waals surface area contributed by atoms with Gasteiger partial charge in [0, 0.05) is 36.7 Å². The minimum atomic E-state index is -1.88. The van der Waals surface area contributed by atoms with Crippen LogP contribution >= 0.6 is 0 Å². The lowest BCUT2D eigenvalue weighted by molar-refractivity contribution is -0.144. The van der Waals surface area contributed by atoms with Crippen molar-refractivity contribution >= 4 is 84.4 Å². The number of allylic oxidation sites excluding steroid dienone is 4. The Hall–Kier alpha value is -6.85. The molecule has 0 radical (unpaired) electrons. The van der Waals surface area contributed by atoms with Crippen molar-refractivity contribution in [1.82, 2.24) is 19.9 Å². The van der Waals surface area contributed by atoms with Gasteiger partial charge in [-0.25, -0.2) is 9.97 Å². The van der Waals surface area contributed by atoms with Crippen LogP contribution in [0.25, 0.3) is 44.4 Å². The zero-order valence-corrected chi connectivity index (χ0v) is 70.7. The van der Waals surface area contributed by atoms with Gasteiger partial charge < -0.3 is 28.9 Å². The second-order valence-corrected chi connectivity index (χ2v) is 43.7. The van der Waals surface area contributed by atoms with Gasteiger partial charge in [0.1, 0.15) is 16.1 Å². The summed E-state index contributed by atoms with van der Waals surface area (Å²) in [6, 6.07) is 4.10. The van der Waals surface area contributed by atoms with Crippen molar-refractivity contribution in [2.75, 3.05) is 26.4 Å². The molecule has 12 nitrogen and oxygen atoms in total. The Morgan fingerprint density at radius 3 is 0.962 bits per heavy atom. The van der Waals surface area contributed by atoms with Crippen LogP contribution in [0.3, 0.4) is 0 Å². The number of hydrogen-bond donors (Lipinski definition) is 2. The van der Waals surface area contributed by atoms with Gasteiger partial charge in [0.25, 0.3) is 0 Å². The van der Waals surface area contributed by atoms with Gasteiger partial charge in [0.15, 0.2) is 0 Å². The Balaban J connectivity index is 1.88. The predicted molar refractivity (Wildman–Crippen MR) is 440 cm³/mol. The molecule has 0 fully saturated rings. The van der Waals surface area contributed by atoms with Crippen LogP contribution in [-0.4, -0.2) is 86.4 Å². The zero-order valence-electron chi connectivity index (χ0n) is 68.7. The van der Waals surface area contributed by atoms with Crippen molar-refractivity contribution in [1.29, 1.82) is 0 Å². The molecular formula is C90H134N4O8Si2. The first-order chi connectivity index (χ1) is 49.1. The van der Waals surface area contributed by atoms with Gasteiger partial charge in [-0.3, -0.25) is 19.2 Å². The van der Waals surface area contributed by atoms with Crippen molar-refractivity contribution in [3.8, 4) is 46.6 Å². The fourth-order valence-electron chi connectivity index (χ4n) is 13.4. The highest BCUT2D eigenvalue weighted by molar-refractivity contribution is 6.84. The highest BCUT2D eigenvalue weighted by Gasteiger charge is 2.28. The largest absolute Gasteiger partial charge is 0.466 e. The van der Waals surface area contributed by atoms with Gasteiger partial charge in [-0.05, 0) is 219 Å². The van der Waals surface area contributed by atoms with E-state index in [1.165, 1.54) is 25.7 Å². The first-order valence-corrected chi connectivity index (χ1v) is 47.0. The van der Waals surface area contributed by atoms with Gasteiger partial charge in [-0.2, -0.15) is 0 Å². The summed E-state index contributed by atoms with van der Waals surface area (Å²) in [6.45, 7) is 49.8. The highest BCUT2D eigenvalue weighted by atomic mass is 28.3. The fourth-order valence-corrected chi connectivity index (χ4v) is 14.3. The number of aryl methyl sites for hydroxylation is 4. The maximum Gasteiger partial charge on any atom is 0.306 e. The van der Waals surface area contributed by atoms with E-state index >= 15 is 0 Å². The molecule has 104 heavy (non-hydrogen) atoms. The Morgan fingerprint density at radius 1 is 0.394 bits per heavy atom. The maximum atomic E-state index is 14.0.